The predicted octanol–water partition coefficient (Wildman–Crippen LogP) is 2.49. The average molecular weight is 297 g/mol. The summed E-state index contributed by atoms with van der Waals surface area (Å²) in [5.41, 5.74) is -0.551. The summed E-state index contributed by atoms with van der Waals surface area (Å²) in [6.45, 7) is 2.22. The number of carbonyl (C=O) groups is 2. The van der Waals surface area contributed by atoms with Gasteiger partial charge < -0.3 is 15.2 Å². The third-order valence-corrected chi connectivity index (χ3v) is 4.92. The third kappa shape index (κ3) is 4.70. The maximum atomic E-state index is 12.1. The van der Waals surface area contributed by atoms with Crippen LogP contribution in [0.15, 0.2) is 0 Å². The number of aliphatic carboxylic acids is 1. The molecule has 5 nitrogen and oxygen atoms in total. The van der Waals surface area contributed by atoms with Gasteiger partial charge in [0, 0.05) is 0 Å². The summed E-state index contributed by atoms with van der Waals surface area (Å²) in [6.07, 6.45) is 8.25. The highest BCUT2D eigenvalue weighted by atomic mass is 16.5. The number of hydrogen-bond donors (Lipinski definition) is 2. The van der Waals surface area contributed by atoms with Crippen LogP contribution in [0, 0.1) is 5.92 Å². The maximum Gasteiger partial charge on any atom is 0.305 e. The lowest BCUT2D eigenvalue weighted by molar-refractivity contribution is -0.139. The van der Waals surface area contributed by atoms with Crippen molar-refractivity contribution in [3.63, 3.8) is 0 Å². The molecule has 0 spiro atoms. The minimum atomic E-state index is -0.848. The summed E-state index contributed by atoms with van der Waals surface area (Å²) in [5, 5.41) is 12.0. The van der Waals surface area contributed by atoms with Gasteiger partial charge >= 0.3 is 5.97 Å². The van der Waals surface area contributed by atoms with E-state index in [1.807, 2.05) is 0 Å². The first-order chi connectivity index (χ1) is 10.0. The molecule has 2 aliphatic rings. The van der Waals surface area contributed by atoms with E-state index in [0.29, 0.717) is 5.92 Å². The van der Waals surface area contributed by atoms with Crippen molar-refractivity contribution in [1.82, 2.24) is 5.32 Å². The molecule has 0 saturated heterocycles. The van der Waals surface area contributed by atoms with Crippen molar-refractivity contribution < 1.29 is 19.4 Å². The van der Waals surface area contributed by atoms with E-state index in [2.05, 4.69) is 12.2 Å². The number of carboxylic acids is 1. The quantitative estimate of drug-likeness (QED) is 0.789. The van der Waals surface area contributed by atoms with E-state index >= 15 is 0 Å². The predicted molar refractivity (Wildman–Crippen MR) is 79.0 cm³/mol. The summed E-state index contributed by atoms with van der Waals surface area (Å²) in [4.78, 5) is 23.1. The standard InChI is InChI=1S/C16H27NO4/c1-12-6-2-3-7-13(12)21-11-14(18)17-16(10-15(19)20)8-4-5-9-16/h12-13H,2-11H2,1H3,(H,17,18)(H,19,20). The molecule has 0 aliphatic heterocycles. The monoisotopic (exact) mass is 297 g/mol. The molecule has 0 aromatic carbocycles. The number of rotatable bonds is 6. The summed E-state index contributed by atoms with van der Waals surface area (Å²) in [6, 6.07) is 0. The number of carbonyl (C=O) groups excluding carboxylic acids is 1. The van der Waals surface area contributed by atoms with Crippen molar-refractivity contribution in [3.05, 3.63) is 0 Å². The smallest absolute Gasteiger partial charge is 0.305 e. The Labute approximate surface area is 126 Å². The summed E-state index contributed by atoms with van der Waals surface area (Å²) in [5.74, 6) is -0.513. The minimum absolute atomic E-state index is 0.0125. The van der Waals surface area contributed by atoms with Crippen LogP contribution >= 0.6 is 0 Å². The second kappa shape index (κ2) is 7.25. The van der Waals surface area contributed by atoms with Crippen molar-refractivity contribution in [2.75, 3.05) is 6.61 Å². The normalized spacial score (nSPS) is 28.2. The van der Waals surface area contributed by atoms with Gasteiger partial charge in [-0.1, -0.05) is 32.6 Å². The molecule has 0 heterocycles. The van der Waals surface area contributed by atoms with Crippen LogP contribution in [0.4, 0.5) is 0 Å². The van der Waals surface area contributed by atoms with Crippen molar-refractivity contribution in [1.29, 1.82) is 0 Å². The fourth-order valence-electron chi connectivity index (χ4n) is 3.73. The summed E-state index contributed by atoms with van der Waals surface area (Å²) in [7, 11) is 0. The number of hydrogen-bond acceptors (Lipinski definition) is 3. The lowest BCUT2D eigenvalue weighted by Gasteiger charge is -2.31. The van der Waals surface area contributed by atoms with Crippen LogP contribution in [-0.4, -0.2) is 35.2 Å². The van der Waals surface area contributed by atoms with Crippen LogP contribution in [0.3, 0.4) is 0 Å². The molecule has 2 unspecified atom stereocenters. The van der Waals surface area contributed by atoms with E-state index < -0.39 is 11.5 Å². The van der Waals surface area contributed by atoms with E-state index in [9.17, 15) is 9.59 Å². The van der Waals surface area contributed by atoms with Gasteiger partial charge in [-0.05, 0) is 31.6 Å². The van der Waals surface area contributed by atoms with Gasteiger partial charge in [-0.15, -0.1) is 0 Å². The topological polar surface area (TPSA) is 75.6 Å². The van der Waals surface area contributed by atoms with Crippen molar-refractivity contribution in [2.45, 2.75) is 76.4 Å². The van der Waals surface area contributed by atoms with Gasteiger partial charge in [-0.3, -0.25) is 9.59 Å². The van der Waals surface area contributed by atoms with Crippen molar-refractivity contribution in [2.24, 2.45) is 5.92 Å². The van der Waals surface area contributed by atoms with Gasteiger partial charge in [0.1, 0.15) is 6.61 Å². The first-order valence-electron chi connectivity index (χ1n) is 8.15. The van der Waals surface area contributed by atoms with E-state index in [-0.39, 0.29) is 25.0 Å². The highest BCUT2D eigenvalue weighted by molar-refractivity contribution is 5.79. The molecule has 0 bridgehead atoms. The molecule has 5 heteroatoms. The molecule has 1 amide bonds. The Morgan fingerprint density at radius 3 is 2.48 bits per heavy atom. The second-order valence-electron chi connectivity index (χ2n) is 6.72. The van der Waals surface area contributed by atoms with Crippen LogP contribution in [0.2, 0.25) is 0 Å². The molecule has 2 atom stereocenters. The largest absolute Gasteiger partial charge is 0.481 e. The highest BCUT2D eigenvalue weighted by Gasteiger charge is 2.37. The Morgan fingerprint density at radius 1 is 1.19 bits per heavy atom. The lowest BCUT2D eigenvalue weighted by Crippen LogP contribution is -2.49. The molecule has 2 N–H and O–H groups in total. The lowest BCUT2D eigenvalue weighted by atomic mass is 9.88. The first-order valence-corrected chi connectivity index (χ1v) is 8.15. The molecule has 2 rings (SSSR count). The number of carboxylic acid groups (broad SMARTS) is 1. The molecule has 2 fully saturated rings. The summed E-state index contributed by atoms with van der Waals surface area (Å²) < 4.78 is 5.76. The zero-order chi connectivity index (χ0) is 15.3. The van der Waals surface area contributed by atoms with Crippen LogP contribution in [0.25, 0.3) is 0 Å². The van der Waals surface area contributed by atoms with Gasteiger partial charge in [0.15, 0.2) is 0 Å². The molecular formula is C16H27NO4. The van der Waals surface area contributed by atoms with Crippen molar-refractivity contribution in [3.8, 4) is 0 Å². The number of ether oxygens (including phenoxy) is 1. The molecular weight excluding hydrogens is 270 g/mol. The SMILES string of the molecule is CC1CCCCC1OCC(=O)NC1(CC(=O)O)CCCC1. The van der Waals surface area contributed by atoms with E-state index in [1.54, 1.807) is 0 Å². The Kier molecular flexibility index (Phi) is 5.62. The highest BCUT2D eigenvalue weighted by Crippen LogP contribution is 2.32. The molecule has 21 heavy (non-hydrogen) atoms. The average Bonchev–Trinajstić information content (AvgIpc) is 2.85. The van der Waals surface area contributed by atoms with E-state index in [4.69, 9.17) is 9.84 Å². The fourth-order valence-corrected chi connectivity index (χ4v) is 3.73. The minimum Gasteiger partial charge on any atom is -0.481 e. The third-order valence-electron chi connectivity index (χ3n) is 4.92. The Balaban J connectivity index is 1.80. The Morgan fingerprint density at radius 2 is 1.86 bits per heavy atom. The van der Waals surface area contributed by atoms with Crippen LogP contribution in [0.1, 0.15) is 64.7 Å². The summed E-state index contributed by atoms with van der Waals surface area (Å²) >= 11 is 0. The van der Waals surface area contributed by atoms with Crippen molar-refractivity contribution >= 4 is 11.9 Å². The molecule has 0 aromatic heterocycles. The second-order valence-corrected chi connectivity index (χ2v) is 6.72. The molecule has 2 aliphatic carbocycles. The fraction of sp³-hybridized carbons (Fsp3) is 0.875. The molecule has 2 saturated carbocycles. The van der Waals surface area contributed by atoms with Gasteiger partial charge in [-0.2, -0.15) is 0 Å². The zero-order valence-corrected chi connectivity index (χ0v) is 12.9. The van der Waals surface area contributed by atoms with Crippen LogP contribution in [-0.2, 0) is 14.3 Å². The van der Waals surface area contributed by atoms with Crippen LogP contribution in [0.5, 0.6) is 0 Å². The number of nitrogens with one attached hydrogen (secondary N) is 1. The zero-order valence-electron chi connectivity index (χ0n) is 12.9. The van der Waals surface area contributed by atoms with E-state index in [0.717, 1.165) is 38.5 Å². The van der Waals surface area contributed by atoms with Gasteiger partial charge in [0.2, 0.25) is 5.91 Å². The van der Waals surface area contributed by atoms with Gasteiger partial charge in [-0.25, -0.2) is 0 Å². The van der Waals surface area contributed by atoms with Gasteiger partial charge in [0.05, 0.1) is 18.1 Å². The Bertz CT molecular complexity index is 376. The first kappa shape index (κ1) is 16.3. The number of amides is 1. The van der Waals surface area contributed by atoms with E-state index in [1.165, 1.54) is 12.8 Å². The van der Waals surface area contributed by atoms with Crippen LogP contribution < -0.4 is 5.32 Å². The van der Waals surface area contributed by atoms with Gasteiger partial charge in [0.25, 0.3) is 0 Å². The molecule has 0 radical (unpaired) electrons. The molecule has 120 valence electrons. The molecule has 0 aromatic rings. The maximum absolute atomic E-state index is 12.1. The Hall–Kier alpha value is -1.10.